The summed E-state index contributed by atoms with van der Waals surface area (Å²) in [7, 11) is 0. The number of carbonyl (C=O) groups is 9. The maximum Gasteiger partial charge on any atom is 0.311 e. The number of rotatable bonds is 40. The lowest BCUT2D eigenvalue weighted by Crippen LogP contribution is -2.68. The Morgan fingerprint density at radius 3 is 1.24 bits per heavy atom. The minimum atomic E-state index is -2.14. The zero-order chi connectivity index (χ0) is 85.1. The maximum atomic E-state index is 15.2. The van der Waals surface area contributed by atoms with Gasteiger partial charge in [-0.1, -0.05) is 150 Å². The maximum absolute atomic E-state index is 15.2. The lowest BCUT2D eigenvalue weighted by Gasteiger charge is -2.51. The van der Waals surface area contributed by atoms with E-state index in [1.54, 1.807) is 104 Å². The third-order valence-electron chi connectivity index (χ3n) is 19.2. The fourth-order valence-electron chi connectivity index (χ4n) is 12.6. The number of azide groups is 1. The molecule has 3 aliphatic heterocycles. The molecule has 0 saturated carbocycles. The van der Waals surface area contributed by atoms with E-state index in [0.717, 1.165) is 64.0 Å². The van der Waals surface area contributed by atoms with Crippen LogP contribution >= 0.6 is 0 Å². The first-order chi connectivity index (χ1) is 53.2. The van der Waals surface area contributed by atoms with Crippen LogP contribution in [0.2, 0.25) is 0 Å². The van der Waals surface area contributed by atoms with Crippen LogP contribution in [0.1, 0.15) is 260 Å². The second kappa shape index (κ2) is 44.9. The van der Waals surface area contributed by atoms with Gasteiger partial charge >= 0.3 is 53.7 Å². The Labute approximate surface area is 675 Å². The van der Waals surface area contributed by atoms with Gasteiger partial charge in [-0.3, -0.25) is 43.2 Å². The molecule has 2 aromatic carbocycles. The van der Waals surface area contributed by atoms with Crippen LogP contribution in [0.15, 0.2) is 65.8 Å². The summed E-state index contributed by atoms with van der Waals surface area (Å²) >= 11 is 0. The first-order valence-electron chi connectivity index (χ1n) is 40.5. The molecule has 3 heterocycles. The molecule has 0 aromatic heterocycles. The monoisotopic (exact) mass is 1610 g/mol. The second-order valence-electron chi connectivity index (χ2n) is 36.3. The van der Waals surface area contributed by atoms with Crippen molar-refractivity contribution in [3.8, 4) is 0 Å². The Kier molecular flexibility index (Phi) is 38.3. The molecule has 0 N–H and O–H groups in total. The average Bonchev–Trinajstić information content (AvgIpc) is 0.755. The van der Waals surface area contributed by atoms with Gasteiger partial charge in [-0.15, -0.1) is 0 Å². The SMILES string of the molecule is CCCCCCCCCCCCCC[C@@H](OCc1ccccc1)[C@@H](OCc1ccccc1)[C@H](C[C@@H]1O[C@H](COC(=O)C(C)(C)C)[C@@H](O[C@@H]2O[C@H](COC(=O)C(C)(C)C)[C@H](OC(=O)C(C)(C)C)[C@H](O[C@H]3O[C@H](COC(C)=O)[C@H](OC(C)=O)C[C@H]3OC(C)=O)[C@H]2OC(=O)C(C)(C)C)[C@H](OC(=O)C(C)(C)C)[C@H]1OC(=O)C(C)(C)C)N=[N+]=[N-]. The van der Waals surface area contributed by atoms with Gasteiger partial charge < -0.3 is 75.8 Å². The molecule has 3 fully saturated rings. The van der Waals surface area contributed by atoms with Crippen LogP contribution in [0, 0.1) is 32.5 Å². The zero-order valence-electron chi connectivity index (χ0n) is 71.8. The third-order valence-corrected chi connectivity index (χ3v) is 19.2. The molecule has 3 aliphatic rings. The van der Waals surface area contributed by atoms with E-state index < -0.39 is 210 Å². The summed E-state index contributed by atoms with van der Waals surface area (Å²) in [5, 5.41) is 4.51. The van der Waals surface area contributed by atoms with Crippen LogP contribution < -0.4 is 0 Å². The smallest absolute Gasteiger partial charge is 0.311 e. The number of unbranched alkanes of at least 4 members (excludes halogenated alkanes) is 11. The van der Waals surface area contributed by atoms with Crippen molar-refractivity contribution in [3.05, 3.63) is 82.2 Å². The number of hydrogen-bond donors (Lipinski definition) is 0. The first-order valence-corrected chi connectivity index (χ1v) is 40.5. The van der Waals surface area contributed by atoms with E-state index in [1.165, 1.54) is 59.3 Å². The Bertz CT molecular complexity index is 3420. The highest BCUT2D eigenvalue weighted by Gasteiger charge is 2.60. The summed E-state index contributed by atoms with van der Waals surface area (Å²) < 4.78 is 105. The van der Waals surface area contributed by atoms with E-state index in [1.807, 2.05) is 60.7 Å². The predicted molar refractivity (Wildman–Crippen MR) is 420 cm³/mol. The van der Waals surface area contributed by atoms with E-state index in [0.29, 0.717) is 12.8 Å². The Balaban J connectivity index is 1.86. The lowest BCUT2D eigenvalue weighted by molar-refractivity contribution is -0.371. The molecule has 28 nitrogen and oxygen atoms in total. The summed E-state index contributed by atoms with van der Waals surface area (Å²) in [5.74, 6) is -7.50. The van der Waals surface area contributed by atoms with Gasteiger partial charge in [0.1, 0.15) is 56.4 Å². The molecule has 2 aromatic rings. The fourth-order valence-corrected chi connectivity index (χ4v) is 12.6. The third kappa shape index (κ3) is 32.3. The van der Waals surface area contributed by atoms with Crippen molar-refractivity contribution in [3.63, 3.8) is 0 Å². The van der Waals surface area contributed by atoms with Crippen molar-refractivity contribution < 1.29 is 119 Å². The molecule has 114 heavy (non-hydrogen) atoms. The lowest BCUT2D eigenvalue weighted by atomic mass is 9.87. The van der Waals surface area contributed by atoms with Gasteiger partial charge in [0.15, 0.2) is 43.1 Å². The number of carbonyl (C=O) groups excluding carboxylic acids is 9. The standard InChI is InChI=1S/C86H133N3O25/c1-23-24-25-26-27-28-29-30-31-32-33-40-45-59(100-48-56-41-36-34-37-42-56)66(101-49-57-43-38-35-39-44-57)58(88-89-87)46-61-67(111-77(95)83(11,12)13)70(113-79(97)85(17,18)19)68(64(106-61)51-102-75(93)81(5,6)7)109-74-72(114-80(98)86(20,21)22)71(69(112-78(96)84(14,15)16)65(108-74)52-103-76(94)82(8,9)10)110-73-62(105-55(4)92)47-60(104-54(3)91)63(107-73)50-99-53(2)90/h34-39,41-44,58-74H,23-33,40,45-52H2,1-22H3/t58-,59+,60+,61-,62+,63+,64+,65+,66-,67-,68+,69-,70+,71-,72+,73+,74-/m0/s1. The summed E-state index contributed by atoms with van der Waals surface area (Å²) in [5.41, 5.74) is 4.82. The van der Waals surface area contributed by atoms with Gasteiger partial charge in [-0.25, -0.2) is 0 Å². The quantitative estimate of drug-likeness (QED) is 0.0149. The highest BCUT2D eigenvalue weighted by molar-refractivity contribution is 5.78. The molecule has 5 rings (SSSR count). The van der Waals surface area contributed by atoms with Gasteiger partial charge in [0.25, 0.3) is 0 Å². The molecule has 0 radical (unpaired) electrons. The number of hydrogen-bond acceptors (Lipinski definition) is 26. The van der Waals surface area contributed by atoms with Crippen molar-refractivity contribution >= 4 is 53.7 Å². The summed E-state index contributed by atoms with van der Waals surface area (Å²) in [6.45, 7) is 32.1. The first kappa shape index (κ1) is 97.3. The number of esters is 9. The minimum absolute atomic E-state index is 0.00826. The molecule has 0 bridgehead atoms. The van der Waals surface area contributed by atoms with Gasteiger partial charge in [0.2, 0.25) is 0 Å². The van der Waals surface area contributed by atoms with Gasteiger partial charge in [-0.05, 0) is 154 Å². The molecule has 642 valence electrons. The molecular formula is C86H133N3O25. The van der Waals surface area contributed by atoms with Crippen LogP contribution in [0.5, 0.6) is 0 Å². The van der Waals surface area contributed by atoms with Crippen molar-refractivity contribution in [2.24, 2.45) is 37.6 Å². The average molecular weight is 1610 g/mol. The van der Waals surface area contributed by atoms with Crippen molar-refractivity contribution in [2.75, 3.05) is 19.8 Å². The molecule has 0 spiro atoms. The van der Waals surface area contributed by atoms with E-state index in [-0.39, 0.29) is 26.1 Å². The van der Waals surface area contributed by atoms with Gasteiger partial charge in [0.05, 0.1) is 70.1 Å². The normalized spacial score (nSPS) is 24.4. The predicted octanol–water partition coefficient (Wildman–Crippen LogP) is 15.1. The van der Waals surface area contributed by atoms with Crippen LogP contribution in [0.4, 0.5) is 0 Å². The van der Waals surface area contributed by atoms with Gasteiger partial charge in [-0.2, -0.15) is 0 Å². The Morgan fingerprint density at radius 2 is 0.798 bits per heavy atom. The number of ether oxygens (including phenoxy) is 16. The Hall–Kier alpha value is -7.30. The topological polar surface area (TPSA) is 350 Å². The summed E-state index contributed by atoms with van der Waals surface area (Å²) in [4.78, 5) is 130. The molecule has 0 unspecified atom stereocenters. The van der Waals surface area contributed by atoms with Crippen LogP contribution in [-0.2, 0) is 132 Å². The van der Waals surface area contributed by atoms with Crippen LogP contribution in [-0.4, -0.2) is 178 Å². The van der Waals surface area contributed by atoms with E-state index in [4.69, 9.17) is 75.8 Å². The zero-order valence-corrected chi connectivity index (χ0v) is 71.8. The molecule has 0 aliphatic carbocycles. The molecular weight excluding hydrogens is 1470 g/mol. The molecule has 17 atom stereocenters. The fraction of sp³-hybridized carbons (Fsp3) is 0.756. The summed E-state index contributed by atoms with van der Waals surface area (Å²) in [6, 6.07) is 17.7. The highest BCUT2D eigenvalue weighted by Crippen LogP contribution is 2.42. The van der Waals surface area contributed by atoms with E-state index in [2.05, 4.69) is 16.9 Å². The summed E-state index contributed by atoms with van der Waals surface area (Å²) in [6.07, 6.45) is -13.5. The number of benzene rings is 2. The second-order valence-corrected chi connectivity index (χ2v) is 36.3. The highest BCUT2D eigenvalue weighted by atomic mass is 16.8. The number of nitrogens with zero attached hydrogens (tertiary/aromatic N) is 3. The van der Waals surface area contributed by atoms with Crippen molar-refractivity contribution in [1.29, 1.82) is 0 Å². The van der Waals surface area contributed by atoms with Crippen molar-refractivity contribution in [2.45, 2.75) is 366 Å². The van der Waals surface area contributed by atoms with Crippen molar-refractivity contribution in [1.82, 2.24) is 0 Å². The molecule has 28 heteroatoms. The van der Waals surface area contributed by atoms with Crippen LogP contribution in [0.25, 0.3) is 10.4 Å². The Morgan fingerprint density at radius 1 is 0.412 bits per heavy atom. The minimum Gasteiger partial charge on any atom is -0.463 e. The molecule has 0 amide bonds. The largest absolute Gasteiger partial charge is 0.463 e. The van der Waals surface area contributed by atoms with E-state index >= 15 is 14.4 Å². The van der Waals surface area contributed by atoms with E-state index in [9.17, 15) is 34.3 Å². The van der Waals surface area contributed by atoms with Gasteiger partial charge in [0, 0.05) is 32.1 Å². The molecule has 3 saturated heterocycles. The van der Waals surface area contributed by atoms with Crippen LogP contribution in [0.3, 0.4) is 0 Å².